The van der Waals surface area contributed by atoms with Crippen molar-refractivity contribution in [1.82, 2.24) is 25.0 Å². The molecule has 1 aliphatic heterocycles. The van der Waals surface area contributed by atoms with Gasteiger partial charge in [-0.25, -0.2) is 0 Å². The molecule has 126 valence electrons. The van der Waals surface area contributed by atoms with Crippen LogP contribution < -0.4 is 5.32 Å². The second-order valence-electron chi connectivity index (χ2n) is 6.72. The summed E-state index contributed by atoms with van der Waals surface area (Å²) >= 11 is 0. The highest BCUT2D eigenvalue weighted by Gasteiger charge is 2.31. The maximum atomic E-state index is 12.6. The number of likely N-dealkylation sites (tertiary alicyclic amines) is 1. The highest BCUT2D eigenvalue weighted by atomic mass is 16.2. The number of amides is 1. The van der Waals surface area contributed by atoms with Gasteiger partial charge in [-0.1, -0.05) is 30.3 Å². The zero-order valence-corrected chi connectivity index (χ0v) is 13.8. The van der Waals surface area contributed by atoms with Crippen LogP contribution in [0.4, 0.5) is 0 Å². The van der Waals surface area contributed by atoms with E-state index in [1.54, 1.807) is 6.33 Å². The molecule has 2 aromatic rings. The molecule has 6 heteroatoms. The summed E-state index contributed by atoms with van der Waals surface area (Å²) in [6, 6.07) is 10.8. The molecule has 0 unspecified atom stereocenters. The standard InChI is InChI=1S/C18H23N5O/c24-18(19-11-17-21-20-13-23(17)15-8-9-15)16-7-4-10-22(16)12-14-5-2-1-3-6-14/h1-3,5-6,13,15-16H,4,7-12H2,(H,19,24)/t16-/m0/s1. The Bertz CT molecular complexity index is 694. The second-order valence-corrected chi connectivity index (χ2v) is 6.72. The monoisotopic (exact) mass is 325 g/mol. The normalized spacial score (nSPS) is 21.1. The van der Waals surface area contributed by atoms with Crippen LogP contribution in [0.3, 0.4) is 0 Å². The van der Waals surface area contributed by atoms with E-state index in [0.29, 0.717) is 12.6 Å². The fourth-order valence-corrected chi connectivity index (χ4v) is 3.46. The third kappa shape index (κ3) is 3.33. The number of benzene rings is 1. The van der Waals surface area contributed by atoms with Crippen molar-refractivity contribution in [3.63, 3.8) is 0 Å². The maximum Gasteiger partial charge on any atom is 0.237 e. The minimum atomic E-state index is -0.0393. The summed E-state index contributed by atoms with van der Waals surface area (Å²) in [5.74, 6) is 0.965. The molecule has 1 atom stereocenters. The first-order valence-electron chi connectivity index (χ1n) is 8.75. The summed E-state index contributed by atoms with van der Waals surface area (Å²) in [5.41, 5.74) is 1.26. The number of rotatable bonds is 6. The molecule has 6 nitrogen and oxygen atoms in total. The molecular formula is C18H23N5O. The number of hydrogen-bond acceptors (Lipinski definition) is 4. The van der Waals surface area contributed by atoms with Crippen LogP contribution in [0.1, 0.15) is 43.1 Å². The van der Waals surface area contributed by atoms with Gasteiger partial charge in [0, 0.05) is 12.6 Å². The first-order chi connectivity index (χ1) is 11.8. The number of carbonyl (C=O) groups is 1. The van der Waals surface area contributed by atoms with Crippen molar-refractivity contribution in [3.05, 3.63) is 48.0 Å². The Kier molecular flexibility index (Phi) is 4.30. The fraction of sp³-hybridized carbons (Fsp3) is 0.500. The second kappa shape index (κ2) is 6.73. The zero-order chi connectivity index (χ0) is 16.4. The Morgan fingerprint density at radius 3 is 2.83 bits per heavy atom. The summed E-state index contributed by atoms with van der Waals surface area (Å²) in [4.78, 5) is 14.9. The van der Waals surface area contributed by atoms with Gasteiger partial charge in [0.25, 0.3) is 0 Å². The molecule has 1 aromatic heterocycles. The van der Waals surface area contributed by atoms with Crippen molar-refractivity contribution in [2.24, 2.45) is 0 Å². The number of aromatic nitrogens is 3. The van der Waals surface area contributed by atoms with E-state index in [9.17, 15) is 4.79 Å². The molecule has 2 fully saturated rings. The predicted molar refractivity (Wildman–Crippen MR) is 90.0 cm³/mol. The van der Waals surface area contributed by atoms with Gasteiger partial charge in [-0.3, -0.25) is 9.69 Å². The van der Waals surface area contributed by atoms with E-state index < -0.39 is 0 Å². The lowest BCUT2D eigenvalue weighted by Crippen LogP contribution is -2.42. The van der Waals surface area contributed by atoms with Gasteiger partial charge in [0.2, 0.25) is 5.91 Å². The number of nitrogens with one attached hydrogen (secondary N) is 1. The van der Waals surface area contributed by atoms with E-state index in [1.165, 1.54) is 18.4 Å². The minimum Gasteiger partial charge on any atom is -0.347 e. The molecule has 0 spiro atoms. The van der Waals surface area contributed by atoms with Crippen molar-refractivity contribution in [3.8, 4) is 0 Å². The van der Waals surface area contributed by atoms with Crippen LogP contribution in [0.25, 0.3) is 0 Å². The van der Waals surface area contributed by atoms with Crippen LogP contribution in [0.2, 0.25) is 0 Å². The average molecular weight is 325 g/mol. The summed E-state index contributed by atoms with van der Waals surface area (Å²) < 4.78 is 2.09. The van der Waals surface area contributed by atoms with Crippen LogP contribution in [0.5, 0.6) is 0 Å². The van der Waals surface area contributed by atoms with Crippen molar-refractivity contribution in [2.45, 2.75) is 50.9 Å². The van der Waals surface area contributed by atoms with Gasteiger partial charge in [0.15, 0.2) is 5.82 Å². The first kappa shape index (κ1) is 15.3. The molecule has 1 aliphatic carbocycles. The Hall–Kier alpha value is -2.21. The number of carbonyl (C=O) groups excluding carboxylic acids is 1. The van der Waals surface area contributed by atoms with E-state index >= 15 is 0 Å². The molecule has 1 saturated carbocycles. The lowest BCUT2D eigenvalue weighted by molar-refractivity contribution is -0.125. The van der Waals surface area contributed by atoms with E-state index in [1.807, 2.05) is 18.2 Å². The quantitative estimate of drug-likeness (QED) is 0.881. The SMILES string of the molecule is O=C(NCc1nncn1C1CC1)[C@@H]1CCCN1Cc1ccccc1. The lowest BCUT2D eigenvalue weighted by Gasteiger charge is -2.23. The van der Waals surface area contributed by atoms with Gasteiger partial charge < -0.3 is 9.88 Å². The number of hydrogen-bond donors (Lipinski definition) is 1. The summed E-state index contributed by atoms with van der Waals surface area (Å²) in [5, 5.41) is 11.2. The van der Waals surface area contributed by atoms with Gasteiger partial charge in [-0.05, 0) is 37.8 Å². The van der Waals surface area contributed by atoms with Crippen LogP contribution in [0.15, 0.2) is 36.7 Å². The molecule has 1 N–H and O–H groups in total. The molecule has 1 aromatic carbocycles. The summed E-state index contributed by atoms with van der Waals surface area (Å²) in [6.45, 7) is 2.27. The molecule has 1 saturated heterocycles. The zero-order valence-electron chi connectivity index (χ0n) is 13.8. The van der Waals surface area contributed by atoms with Gasteiger partial charge in [0.05, 0.1) is 12.6 Å². The first-order valence-corrected chi connectivity index (χ1v) is 8.75. The Labute approximate surface area is 141 Å². The maximum absolute atomic E-state index is 12.6. The molecule has 2 heterocycles. The molecule has 24 heavy (non-hydrogen) atoms. The van der Waals surface area contributed by atoms with Gasteiger partial charge in [-0.2, -0.15) is 0 Å². The smallest absolute Gasteiger partial charge is 0.237 e. The molecule has 4 rings (SSSR count). The largest absolute Gasteiger partial charge is 0.347 e. The van der Waals surface area contributed by atoms with Gasteiger partial charge in [-0.15, -0.1) is 10.2 Å². The molecule has 2 aliphatic rings. The van der Waals surface area contributed by atoms with E-state index in [2.05, 4.69) is 37.1 Å². The van der Waals surface area contributed by atoms with Gasteiger partial charge in [0.1, 0.15) is 6.33 Å². The minimum absolute atomic E-state index is 0.0393. The third-order valence-corrected chi connectivity index (χ3v) is 4.90. The molecule has 0 bridgehead atoms. The summed E-state index contributed by atoms with van der Waals surface area (Å²) in [6.07, 6.45) is 6.15. The van der Waals surface area contributed by atoms with Gasteiger partial charge >= 0.3 is 0 Å². The van der Waals surface area contributed by atoms with Crippen LogP contribution in [-0.4, -0.2) is 38.2 Å². The van der Waals surface area contributed by atoms with Crippen molar-refractivity contribution in [2.75, 3.05) is 6.54 Å². The lowest BCUT2D eigenvalue weighted by atomic mass is 10.1. The number of nitrogens with zero attached hydrogens (tertiary/aromatic N) is 4. The molecule has 1 amide bonds. The highest BCUT2D eigenvalue weighted by Crippen LogP contribution is 2.35. The Morgan fingerprint density at radius 1 is 1.21 bits per heavy atom. The van der Waals surface area contributed by atoms with E-state index in [0.717, 1.165) is 31.8 Å². The third-order valence-electron chi connectivity index (χ3n) is 4.90. The average Bonchev–Trinajstić information content (AvgIpc) is 3.16. The Morgan fingerprint density at radius 2 is 2.04 bits per heavy atom. The predicted octanol–water partition coefficient (Wildman–Crippen LogP) is 1.89. The van der Waals surface area contributed by atoms with E-state index in [-0.39, 0.29) is 11.9 Å². The van der Waals surface area contributed by atoms with Crippen LogP contribution in [0, 0.1) is 0 Å². The van der Waals surface area contributed by atoms with Crippen LogP contribution in [-0.2, 0) is 17.9 Å². The van der Waals surface area contributed by atoms with Crippen LogP contribution >= 0.6 is 0 Å². The van der Waals surface area contributed by atoms with E-state index in [4.69, 9.17) is 0 Å². The topological polar surface area (TPSA) is 63.1 Å². The highest BCUT2D eigenvalue weighted by molar-refractivity contribution is 5.81. The fourth-order valence-electron chi connectivity index (χ4n) is 3.46. The van der Waals surface area contributed by atoms with Crippen molar-refractivity contribution < 1.29 is 4.79 Å². The molecular weight excluding hydrogens is 302 g/mol. The molecule has 0 radical (unpaired) electrons. The van der Waals surface area contributed by atoms with Crippen molar-refractivity contribution in [1.29, 1.82) is 0 Å². The van der Waals surface area contributed by atoms with Crippen molar-refractivity contribution >= 4 is 5.91 Å². The Balaban J connectivity index is 1.35. The summed E-state index contributed by atoms with van der Waals surface area (Å²) in [7, 11) is 0.